The molecule has 0 saturated carbocycles. The van der Waals surface area contributed by atoms with Crippen molar-refractivity contribution >= 4 is 29.0 Å². The molecule has 4 aromatic rings. The first-order chi connectivity index (χ1) is 17.7. The zero-order chi connectivity index (χ0) is 26.2. The van der Waals surface area contributed by atoms with Crippen molar-refractivity contribution in [2.75, 3.05) is 5.32 Å². The maximum Gasteiger partial charge on any atom is 0.405 e. The normalized spacial score (nSPS) is 14.1. The molecule has 3 aromatic carbocycles. The van der Waals surface area contributed by atoms with Crippen LogP contribution in [0.4, 0.5) is 10.5 Å². The van der Waals surface area contributed by atoms with Gasteiger partial charge in [-0.3, -0.25) is 0 Å². The fourth-order valence-electron chi connectivity index (χ4n) is 4.36. The number of esters is 1. The summed E-state index contributed by atoms with van der Waals surface area (Å²) in [4.78, 5) is 28.6. The number of carbonyl (C=O) groups excluding carboxylic acids is 1. The van der Waals surface area contributed by atoms with Crippen molar-refractivity contribution in [3.63, 3.8) is 0 Å². The Balaban J connectivity index is 1.55. The van der Waals surface area contributed by atoms with Crippen LogP contribution in [0.1, 0.15) is 30.5 Å². The topological polar surface area (TPSA) is 105 Å². The smallest absolute Gasteiger partial charge is 0.405 e. The number of hydrogen-bond donors (Lipinski definition) is 3. The molecule has 3 N–H and O–H groups in total. The summed E-state index contributed by atoms with van der Waals surface area (Å²) in [7, 11) is 1.92. The molecule has 1 aliphatic rings. The highest BCUT2D eigenvalue weighted by Crippen LogP contribution is 2.39. The van der Waals surface area contributed by atoms with Crippen LogP contribution in [0.5, 0.6) is 5.75 Å². The highest BCUT2D eigenvalue weighted by atomic mass is 16.5. The fourth-order valence-corrected chi connectivity index (χ4v) is 4.36. The molecule has 5 rings (SSSR count). The second kappa shape index (κ2) is 9.31. The number of carbonyl (C=O) groups is 2. The molecule has 0 saturated heterocycles. The summed E-state index contributed by atoms with van der Waals surface area (Å²) in [5, 5.41) is 15.1. The number of fused-ring (bicyclic) bond motifs is 1. The molecule has 0 radical (unpaired) electrons. The number of aryl methyl sites for hydroxylation is 1. The Labute approximate surface area is 214 Å². The van der Waals surface area contributed by atoms with Gasteiger partial charge in [-0.15, -0.1) is 0 Å². The predicted octanol–water partition coefficient (Wildman–Crippen LogP) is 5.49. The molecule has 0 aliphatic carbocycles. The van der Waals surface area contributed by atoms with Crippen LogP contribution in [-0.4, -0.2) is 26.7 Å². The fraction of sp³-hybridized carbons (Fsp3) is 0.138. The lowest BCUT2D eigenvalue weighted by atomic mass is 9.92. The summed E-state index contributed by atoms with van der Waals surface area (Å²) < 4.78 is 7.43. The molecule has 1 aromatic heterocycles. The first kappa shape index (κ1) is 23.9. The first-order valence-corrected chi connectivity index (χ1v) is 11.7. The van der Waals surface area contributed by atoms with Crippen LogP contribution in [0.25, 0.3) is 22.5 Å². The van der Waals surface area contributed by atoms with E-state index in [1.165, 1.54) is 0 Å². The number of ether oxygens (including phenoxy) is 1. The van der Waals surface area contributed by atoms with Crippen molar-refractivity contribution in [2.24, 2.45) is 7.05 Å². The van der Waals surface area contributed by atoms with Crippen molar-refractivity contribution < 1.29 is 19.4 Å². The lowest BCUT2D eigenvalue weighted by Crippen LogP contribution is -2.40. The molecule has 0 spiro atoms. The summed E-state index contributed by atoms with van der Waals surface area (Å²) in [5.74, 6) is 0.0708. The number of imidazole rings is 1. The molecule has 0 bridgehead atoms. The van der Waals surface area contributed by atoms with Crippen LogP contribution in [0.15, 0.2) is 85.3 Å². The van der Waals surface area contributed by atoms with Crippen LogP contribution < -0.4 is 15.4 Å². The highest BCUT2D eigenvalue weighted by Gasteiger charge is 2.31. The molecule has 2 heterocycles. The van der Waals surface area contributed by atoms with Gasteiger partial charge in [-0.1, -0.05) is 54.6 Å². The third-order valence-corrected chi connectivity index (χ3v) is 6.28. The van der Waals surface area contributed by atoms with Gasteiger partial charge in [-0.2, -0.15) is 0 Å². The van der Waals surface area contributed by atoms with E-state index in [2.05, 4.69) is 15.6 Å². The Morgan fingerprint density at radius 3 is 2.35 bits per heavy atom. The minimum Gasteiger partial charge on any atom is -0.465 e. The largest absolute Gasteiger partial charge is 0.465 e. The number of anilines is 1. The molecule has 186 valence electrons. The average molecular weight is 495 g/mol. The molecule has 8 nitrogen and oxygen atoms in total. The standard InChI is InChI=1S/C29H26N4O4/c1-29(2,32-28(35)36)20-12-8-19(9-13-20)26(25-22-6-4-5-7-24(22)37-27(25)34)31-21-14-10-18(11-15-21)23-16-33(3)17-30-23/h4-17,31-32H,1-3H3,(H,35,36). The van der Waals surface area contributed by atoms with Crippen molar-refractivity contribution in [3.8, 4) is 17.0 Å². The number of hydrogen-bond acceptors (Lipinski definition) is 5. The summed E-state index contributed by atoms with van der Waals surface area (Å²) >= 11 is 0. The van der Waals surface area contributed by atoms with E-state index in [1.807, 2.05) is 84.5 Å². The van der Waals surface area contributed by atoms with Gasteiger partial charge < -0.3 is 25.0 Å². The van der Waals surface area contributed by atoms with Crippen molar-refractivity contribution in [1.29, 1.82) is 0 Å². The number of rotatable bonds is 6. The van der Waals surface area contributed by atoms with Crippen LogP contribution in [-0.2, 0) is 17.4 Å². The van der Waals surface area contributed by atoms with Gasteiger partial charge in [0.15, 0.2) is 0 Å². The second-order valence-electron chi connectivity index (χ2n) is 9.39. The van der Waals surface area contributed by atoms with Gasteiger partial charge in [-0.05, 0) is 43.2 Å². The zero-order valence-corrected chi connectivity index (χ0v) is 20.6. The van der Waals surface area contributed by atoms with Gasteiger partial charge in [0.2, 0.25) is 0 Å². The van der Waals surface area contributed by atoms with Gasteiger partial charge >= 0.3 is 12.1 Å². The van der Waals surface area contributed by atoms with Crippen LogP contribution in [0.3, 0.4) is 0 Å². The second-order valence-corrected chi connectivity index (χ2v) is 9.39. The number of nitrogens with one attached hydrogen (secondary N) is 2. The molecule has 0 fully saturated rings. The Bertz CT molecular complexity index is 1520. The summed E-state index contributed by atoms with van der Waals surface area (Å²) in [6, 6.07) is 22.6. The Hall–Kier alpha value is -4.85. The van der Waals surface area contributed by atoms with Crippen molar-refractivity contribution in [3.05, 3.63) is 102 Å². The van der Waals surface area contributed by atoms with E-state index < -0.39 is 17.6 Å². The van der Waals surface area contributed by atoms with E-state index >= 15 is 0 Å². The minimum atomic E-state index is -1.10. The predicted molar refractivity (Wildman–Crippen MR) is 142 cm³/mol. The molecule has 37 heavy (non-hydrogen) atoms. The lowest BCUT2D eigenvalue weighted by Gasteiger charge is -2.25. The van der Waals surface area contributed by atoms with Crippen LogP contribution >= 0.6 is 0 Å². The van der Waals surface area contributed by atoms with Gasteiger partial charge in [0.25, 0.3) is 0 Å². The van der Waals surface area contributed by atoms with Gasteiger partial charge in [0.05, 0.1) is 28.8 Å². The van der Waals surface area contributed by atoms with E-state index in [9.17, 15) is 14.7 Å². The van der Waals surface area contributed by atoms with Gasteiger partial charge in [0.1, 0.15) is 5.75 Å². The molecule has 0 unspecified atom stereocenters. The van der Waals surface area contributed by atoms with Crippen molar-refractivity contribution in [2.45, 2.75) is 19.4 Å². The zero-order valence-electron chi connectivity index (χ0n) is 20.6. The summed E-state index contributed by atoms with van der Waals surface area (Å²) in [6.07, 6.45) is 2.60. The number of benzene rings is 3. The van der Waals surface area contributed by atoms with E-state index in [0.717, 1.165) is 28.1 Å². The molecule has 1 amide bonds. The maximum atomic E-state index is 13.0. The van der Waals surface area contributed by atoms with Gasteiger partial charge in [0, 0.05) is 30.1 Å². The molecule has 1 aliphatic heterocycles. The Kier molecular flexibility index (Phi) is 6.01. The lowest BCUT2D eigenvalue weighted by molar-refractivity contribution is -0.126. The number of aromatic nitrogens is 2. The quantitative estimate of drug-likeness (QED) is 0.186. The maximum absolute atomic E-state index is 13.0. The third-order valence-electron chi connectivity index (χ3n) is 6.28. The highest BCUT2D eigenvalue weighted by molar-refractivity contribution is 6.29. The number of carboxylic acid groups (broad SMARTS) is 1. The van der Waals surface area contributed by atoms with Crippen molar-refractivity contribution in [1.82, 2.24) is 14.9 Å². The van der Waals surface area contributed by atoms with E-state index in [-0.39, 0.29) is 0 Å². The van der Waals surface area contributed by atoms with E-state index in [1.54, 1.807) is 26.2 Å². The molecule has 8 heteroatoms. The SMILES string of the molecule is Cn1cnc(-c2ccc(NC(=C3C(=O)Oc4ccccc43)c3ccc(C(C)(C)NC(=O)O)cc3)cc2)c1. The Morgan fingerprint density at radius 1 is 1.00 bits per heavy atom. The van der Waals surface area contributed by atoms with E-state index in [4.69, 9.17) is 4.74 Å². The minimum absolute atomic E-state index is 0.431. The first-order valence-electron chi connectivity index (χ1n) is 11.7. The number of para-hydroxylation sites is 1. The van der Waals surface area contributed by atoms with Gasteiger partial charge in [-0.25, -0.2) is 14.6 Å². The third kappa shape index (κ3) is 4.81. The molecular formula is C29H26N4O4. The van der Waals surface area contributed by atoms with E-state index in [0.29, 0.717) is 22.6 Å². The number of nitrogens with zero attached hydrogens (tertiary/aromatic N) is 2. The van der Waals surface area contributed by atoms with Crippen LogP contribution in [0, 0.1) is 0 Å². The monoisotopic (exact) mass is 494 g/mol. The van der Waals surface area contributed by atoms with Crippen LogP contribution in [0.2, 0.25) is 0 Å². The average Bonchev–Trinajstić information content (AvgIpc) is 3.44. The summed E-state index contributed by atoms with van der Waals surface area (Å²) in [6.45, 7) is 3.59. The Morgan fingerprint density at radius 2 is 1.70 bits per heavy atom. The number of amides is 1. The summed E-state index contributed by atoms with van der Waals surface area (Å²) in [5.41, 5.74) is 5.12. The molecule has 0 atom stereocenters. The molecular weight excluding hydrogens is 468 g/mol.